The summed E-state index contributed by atoms with van der Waals surface area (Å²) in [7, 11) is 0. The Balaban J connectivity index is 3.11. The van der Waals surface area contributed by atoms with Crippen LogP contribution >= 0.6 is 0 Å². The minimum Gasteiger partial charge on any atom is -0.270 e. The van der Waals surface area contributed by atoms with Crippen LogP contribution in [-0.4, -0.2) is 9.78 Å². The SMILES string of the molecule is Cc1cn(C(C)C)nc1C(C)(C)C. The van der Waals surface area contributed by atoms with Gasteiger partial charge in [0, 0.05) is 17.7 Å². The van der Waals surface area contributed by atoms with Crippen molar-refractivity contribution in [3.8, 4) is 0 Å². The molecule has 0 fully saturated rings. The molecule has 0 N–H and O–H groups in total. The van der Waals surface area contributed by atoms with Gasteiger partial charge in [-0.2, -0.15) is 5.10 Å². The van der Waals surface area contributed by atoms with E-state index in [9.17, 15) is 0 Å². The van der Waals surface area contributed by atoms with E-state index in [1.54, 1.807) is 0 Å². The second-order valence-electron chi connectivity index (χ2n) is 4.98. The van der Waals surface area contributed by atoms with Crippen LogP contribution < -0.4 is 0 Å². The molecule has 0 amide bonds. The summed E-state index contributed by atoms with van der Waals surface area (Å²) < 4.78 is 2.04. The molecule has 1 heterocycles. The Labute approximate surface area is 81.0 Å². The molecule has 0 spiro atoms. The second-order valence-corrected chi connectivity index (χ2v) is 4.98. The highest BCUT2D eigenvalue weighted by atomic mass is 15.3. The van der Waals surface area contributed by atoms with Gasteiger partial charge in [0.2, 0.25) is 0 Å². The lowest BCUT2D eigenvalue weighted by molar-refractivity contribution is 0.494. The first-order chi connectivity index (χ1) is 5.82. The number of hydrogen-bond donors (Lipinski definition) is 0. The average molecular weight is 180 g/mol. The van der Waals surface area contributed by atoms with Crippen LogP contribution in [0, 0.1) is 6.92 Å². The molecule has 0 atom stereocenters. The van der Waals surface area contributed by atoms with Gasteiger partial charge in [-0.1, -0.05) is 20.8 Å². The molecule has 0 saturated heterocycles. The third-order valence-electron chi connectivity index (χ3n) is 2.15. The Morgan fingerprint density at radius 1 is 1.31 bits per heavy atom. The minimum atomic E-state index is 0.157. The molecule has 0 aromatic carbocycles. The number of nitrogens with zero attached hydrogens (tertiary/aromatic N) is 2. The summed E-state index contributed by atoms with van der Waals surface area (Å²) in [6.45, 7) is 13.0. The van der Waals surface area contributed by atoms with Gasteiger partial charge in [-0.15, -0.1) is 0 Å². The molecule has 0 radical (unpaired) electrons. The lowest BCUT2D eigenvalue weighted by atomic mass is 9.90. The van der Waals surface area contributed by atoms with Crippen LogP contribution in [0.5, 0.6) is 0 Å². The molecule has 0 bridgehead atoms. The van der Waals surface area contributed by atoms with E-state index < -0.39 is 0 Å². The van der Waals surface area contributed by atoms with E-state index >= 15 is 0 Å². The van der Waals surface area contributed by atoms with Crippen molar-refractivity contribution in [3.63, 3.8) is 0 Å². The molecule has 0 unspecified atom stereocenters. The molecule has 1 aromatic rings. The molecule has 0 aliphatic heterocycles. The molecule has 0 aliphatic rings. The van der Waals surface area contributed by atoms with Gasteiger partial charge in [0.15, 0.2) is 0 Å². The highest BCUT2D eigenvalue weighted by Gasteiger charge is 2.20. The smallest absolute Gasteiger partial charge is 0.0707 e. The summed E-state index contributed by atoms with van der Waals surface area (Å²) >= 11 is 0. The van der Waals surface area contributed by atoms with Gasteiger partial charge in [0.05, 0.1) is 5.69 Å². The van der Waals surface area contributed by atoms with Gasteiger partial charge < -0.3 is 0 Å². The maximum Gasteiger partial charge on any atom is 0.0707 e. The summed E-state index contributed by atoms with van der Waals surface area (Å²) in [4.78, 5) is 0. The van der Waals surface area contributed by atoms with Crippen molar-refractivity contribution in [3.05, 3.63) is 17.5 Å². The Morgan fingerprint density at radius 2 is 1.85 bits per heavy atom. The van der Waals surface area contributed by atoms with Crippen molar-refractivity contribution in [1.82, 2.24) is 9.78 Å². The largest absolute Gasteiger partial charge is 0.270 e. The van der Waals surface area contributed by atoms with Gasteiger partial charge in [-0.25, -0.2) is 0 Å². The van der Waals surface area contributed by atoms with Gasteiger partial charge in [0.25, 0.3) is 0 Å². The predicted molar refractivity (Wildman–Crippen MR) is 56.0 cm³/mol. The van der Waals surface area contributed by atoms with E-state index in [0.29, 0.717) is 6.04 Å². The summed E-state index contributed by atoms with van der Waals surface area (Å²) in [5, 5.41) is 4.60. The third kappa shape index (κ3) is 2.11. The van der Waals surface area contributed by atoms with E-state index in [0.717, 1.165) is 0 Å². The number of aromatic nitrogens is 2. The monoisotopic (exact) mass is 180 g/mol. The van der Waals surface area contributed by atoms with E-state index in [-0.39, 0.29) is 5.41 Å². The summed E-state index contributed by atoms with van der Waals surface area (Å²) in [6.07, 6.45) is 2.13. The van der Waals surface area contributed by atoms with Gasteiger partial charge in [-0.3, -0.25) is 4.68 Å². The Bertz CT molecular complexity index is 290. The lowest BCUT2D eigenvalue weighted by Gasteiger charge is -2.16. The molecule has 1 aromatic heterocycles. The first-order valence-electron chi connectivity index (χ1n) is 4.88. The standard InChI is InChI=1S/C11H20N2/c1-8(2)13-7-9(3)10(12-13)11(4,5)6/h7-8H,1-6H3. The molecule has 2 nitrogen and oxygen atoms in total. The van der Waals surface area contributed by atoms with Crippen molar-refractivity contribution in [2.45, 2.75) is 53.0 Å². The van der Waals surface area contributed by atoms with E-state index in [2.05, 4.69) is 52.8 Å². The fourth-order valence-corrected chi connectivity index (χ4v) is 1.49. The van der Waals surface area contributed by atoms with Crippen LogP contribution in [0.4, 0.5) is 0 Å². The topological polar surface area (TPSA) is 17.8 Å². The van der Waals surface area contributed by atoms with Crippen molar-refractivity contribution < 1.29 is 0 Å². The number of hydrogen-bond acceptors (Lipinski definition) is 1. The van der Waals surface area contributed by atoms with Gasteiger partial charge in [-0.05, 0) is 26.3 Å². The first-order valence-corrected chi connectivity index (χ1v) is 4.88. The fourth-order valence-electron chi connectivity index (χ4n) is 1.49. The Morgan fingerprint density at radius 3 is 2.08 bits per heavy atom. The normalized spacial score (nSPS) is 12.5. The Kier molecular flexibility index (Phi) is 2.51. The quantitative estimate of drug-likeness (QED) is 0.649. The van der Waals surface area contributed by atoms with Crippen LogP contribution in [0.3, 0.4) is 0 Å². The second kappa shape index (κ2) is 3.17. The summed E-state index contributed by atoms with van der Waals surface area (Å²) in [5.41, 5.74) is 2.66. The molecule has 0 saturated carbocycles. The lowest BCUT2D eigenvalue weighted by Crippen LogP contribution is -2.14. The molecule has 0 aliphatic carbocycles. The molecule has 2 heteroatoms. The number of rotatable bonds is 1. The third-order valence-corrected chi connectivity index (χ3v) is 2.15. The van der Waals surface area contributed by atoms with Gasteiger partial charge >= 0.3 is 0 Å². The minimum absolute atomic E-state index is 0.157. The zero-order chi connectivity index (χ0) is 10.2. The van der Waals surface area contributed by atoms with E-state index in [4.69, 9.17) is 0 Å². The van der Waals surface area contributed by atoms with Crippen LogP contribution in [0.2, 0.25) is 0 Å². The number of aryl methyl sites for hydroxylation is 1. The molecule has 13 heavy (non-hydrogen) atoms. The van der Waals surface area contributed by atoms with Crippen molar-refractivity contribution >= 4 is 0 Å². The summed E-state index contributed by atoms with van der Waals surface area (Å²) in [5.74, 6) is 0. The highest BCUT2D eigenvalue weighted by Crippen LogP contribution is 2.24. The fraction of sp³-hybridized carbons (Fsp3) is 0.727. The molecular formula is C11H20N2. The summed E-state index contributed by atoms with van der Waals surface area (Å²) in [6, 6.07) is 0.454. The van der Waals surface area contributed by atoms with Crippen molar-refractivity contribution in [2.75, 3.05) is 0 Å². The zero-order valence-corrected chi connectivity index (χ0v) is 9.55. The van der Waals surface area contributed by atoms with Crippen molar-refractivity contribution in [1.29, 1.82) is 0 Å². The maximum atomic E-state index is 4.60. The van der Waals surface area contributed by atoms with Crippen LogP contribution in [0.25, 0.3) is 0 Å². The zero-order valence-electron chi connectivity index (χ0n) is 9.55. The van der Waals surface area contributed by atoms with E-state index in [1.165, 1.54) is 11.3 Å². The van der Waals surface area contributed by atoms with Crippen molar-refractivity contribution in [2.24, 2.45) is 0 Å². The average Bonchev–Trinajstić information content (AvgIpc) is 2.29. The molecular weight excluding hydrogens is 160 g/mol. The highest BCUT2D eigenvalue weighted by molar-refractivity contribution is 5.22. The first kappa shape index (κ1) is 10.3. The molecule has 1 rings (SSSR count). The predicted octanol–water partition coefficient (Wildman–Crippen LogP) is 3.07. The maximum absolute atomic E-state index is 4.60. The van der Waals surface area contributed by atoms with Crippen LogP contribution in [-0.2, 0) is 5.41 Å². The van der Waals surface area contributed by atoms with E-state index in [1.807, 2.05) is 4.68 Å². The molecule has 74 valence electrons. The van der Waals surface area contributed by atoms with Crippen LogP contribution in [0.1, 0.15) is 51.9 Å². The van der Waals surface area contributed by atoms with Crippen LogP contribution in [0.15, 0.2) is 6.20 Å². The Hall–Kier alpha value is -0.790. The van der Waals surface area contributed by atoms with Gasteiger partial charge in [0.1, 0.15) is 0 Å².